The fourth-order valence-corrected chi connectivity index (χ4v) is 2.71. The van der Waals surface area contributed by atoms with Gasteiger partial charge in [0.2, 0.25) is 0 Å². The number of hydrogen-bond acceptors (Lipinski definition) is 5. The third-order valence-corrected chi connectivity index (χ3v) is 4.09. The summed E-state index contributed by atoms with van der Waals surface area (Å²) in [6, 6.07) is 1.61. The summed E-state index contributed by atoms with van der Waals surface area (Å²) in [6.45, 7) is 1.47. The van der Waals surface area contributed by atoms with E-state index in [9.17, 15) is 27.6 Å². The zero-order chi connectivity index (χ0) is 18.9. The maximum atomic E-state index is 12.7. The van der Waals surface area contributed by atoms with Crippen LogP contribution in [-0.2, 0) is 20.6 Å². The lowest BCUT2D eigenvalue weighted by atomic mass is 9.92. The SMILES string of the molecule is CC1C(=O)N(Nc2ccc(C(F)(F)F)c(Cl)n2)C(=O)C1CCC(=O)O. The number of nitrogens with zero attached hydrogens (tertiary/aromatic N) is 2. The first-order valence-corrected chi connectivity index (χ1v) is 7.50. The molecule has 0 bridgehead atoms. The van der Waals surface area contributed by atoms with Gasteiger partial charge in [0, 0.05) is 12.3 Å². The van der Waals surface area contributed by atoms with Gasteiger partial charge in [-0.25, -0.2) is 4.98 Å². The Labute approximate surface area is 144 Å². The number of carboxylic acids is 1. The lowest BCUT2D eigenvalue weighted by molar-refractivity contribution is -0.139. The number of aliphatic carboxylic acids is 1. The molecule has 1 aliphatic rings. The fourth-order valence-electron chi connectivity index (χ4n) is 2.45. The normalized spacial score (nSPS) is 20.9. The zero-order valence-corrected chi connectivity index (χ0v) is 13.6. The number of anilines is 1. The van der Waals surface area contributed by atoms with Crippen molar-refractivity contribution in [2.75, 3.05) is 5.43 Å². The maximum Gasteiger partial charge on any atom is 0.419 e. The highest BCUT2D eigenvalue weighted by molar-refractivity contribution is 6.30. The minimum atomic E-state index is -4.68. The molecule has 2 amide bonds. The molecule has 0 radical (unpaired) electrons. The van der Waals surface area contributed by atoms with E-state index in [1.54, 1.807) is 0 Å². The number of imide groups is 1. The Morgan fingerprint density at radius 3 is 2.52 bits per heavy atom. The molecule has 25 heavy (non-hydrogen) atoms. The third-order valence-electron chi connectivity index (χ3n) is 3.80. The molecule has 1 aromatic heterocycles. The summed E-state index contributed by atoms with van der Waals surface area (Å²) in [7, 11) is 0. The molecular formula is C14H13ClF3N3O4. The minimum Gasteiger partial charge on any atom is -0.481 e. The van der Waals surface area contributed by atoms with Crippen molar-refractivity contribution in [3.8, 4) is 0 Å². The zero-order valence-electron chi connectivity index (χ0n) is 12.8. The van der Waals surface area contributed by atoms with Crippen LogP contribution >= 0.6 is 11.6 Å². The van der Waals surface area contributed by atoms with Crippen molar-refractivity contribution in [3.05, 3.63) is 22.8 Å². The van der Waals surface area contributed by atoms with Gasteiger partial charge < -0.3 is 5.11 Å². The van der Waals surface area contributed by atoms with Gasteiger partial charge in [0.15, 0.2) is 0 Å². The van der Waals surface area contributed by atoms with E-state index in [1.807, 2.05) is 0 Å². The molecule has 1 saturated heterocycles. The van der Waals surface area contributed by atoms with Crippen LogP contribution in [-0.4, -0.2) is 32.9 Å². The van der Waals surface area contributed by atoms with Gasteiger partial charge in [0.25, 0.3) is 11.8 Å². The lowest BCUT2D eigenvalue weighted by Crippen LogP contribution is -2.36. The molecule has 2 unspecified atom stereocenters. The average molecular weight is 380 g/mol. The van der Waals surface area contributed by atoms with Crippen LogP contribution in [0.25, 0.3) is 0 Å². The first-order chi connectivity index (χ1) is 11.5. The van der Waals surface area contributed by atoms with Crippen molar-refractivity contribution < 1.29 is 32.7 Å². The smallest absolute Gasteiger partial charge is 0.419 e. The van der Waals surface area contributed by atoms with Gasteiger partial charge in [0.05, 0.1) is 11.5 Å². The molecule has 2 N–H and O–H groups in total. The van der Waals surface area contributed by atoms with Crippen LogP contribution in [0.2, 0.25) is 5.15 Å². The number of hydrazine groups is 1. The molecule has 2 rings (SSSR count). The Morgan fingerprint density at radius 1 is 1.36 bits per heavy atom. The van der Waals surface area contributed by atoms with Crippen molar-refractivity contribution >= 4 is 35.2 Å². The quantitative estimate of drug-likeness (QED) is 0.602. The topological polar surface area (TPSA) is 99.6 Å². The number of alkyl halides is 3. The highest BCUT2D eigenvalue weighted by Crippen LogP contribution is 2.35. The molecule has 11 heteroatoms. The average Bonchev–Trinajstić information content (AvgIpc) is 2.68. The van der Waals surface area contributed by atoms with E-state index < -0.39 is 46.5 Å². The van der Waals surface area contributed by atoms with Crippen molar-refractivity contribution in [2.24, 2.45) is 11.8 Å². The Bertz CT molecular complexity index is 726. The van der Waals surface area contributed by atoms with Gasteiger partial charge in [0.1, 0.15) is 11.0 Å². The highest BCUT2D eigenvalue weighted by atomic mass is 35.5. The van der Waals surface area contributed by atoms with Crippen LogP contribution in [0.4, 0.5) is 19.0 Å². The Morgan fingerprint density at radius 2 is 2.00 bits per heavy atom. The Kier molecular flexibility index (Phi) is 5.21. The summed E-state index contributed by atoms with van der Waals surface area (Å²) in [5.41, 5.74) is 1.19. The molecular weight excluding hydrogens is 367 g/mol. The number of carbonyl (C=O) groups is 3. The number of carboxylic acid groups (broad SMARTS) is 1. The predicted molar refractivity (Wildman–Crippen MR) is 79.2 cm³/mol. The van der Waals surface area contributed by atoms with E-state index in [0.717, 1.165) is 6.07 Å². The van der Waals surface area contributed by atoms with Crippen LogP contribution in [0.5, 0.6) is 0 Å². The summed E-state index contributed by atoms with van der Waals surface area (Å²) in [5, 5.41) is 8.49. The van der Waals surface area contributed by atoms with Crippen LogP contribution in [0, 0.1) is 11.8 Å². The first-order valence-electron chi connectivity index (χ1n) is 7.12. The molecule has 1 aromatic rings. The Hall–Kier alpha value is -2.36. The predicted octanol–water partition coefficient (Wildman–Crippen LogP) is 2.57. The number of aromatic nitrogens is 1. The Balaban J connectivity index is 2.17. The van der Waals surface area contributed by atoms with Crippen molar-refractivity contribution in [1.82, 2.24) is 9.99 Å². The largest absolute Gasteiger partial charge is 0.481 e. The van der Waals surface area contributed by atoms with Gasteiger partial charge in [-0.05, 0) is 18.6 Å². The summed E-state index contributed by atoms with van der Waals surface area (Å²) < 4.78 is 38.0. The molecule has 1 aliphatic heterocycles. The van der Waals surface area contributed by atoms with Crippen LogP contribution < -0.4 is 5.43 Å². The number of hydrogen-bond donors (Lipinski definition) is 2. The highest BCUT2D eigenvalue weighted by Gasteiger charge is 2.45. The minimum absolute atomic E-state index is 0.0273. The molecule has 7 nitrogen and oxygen atoms in total. The molecule has 0 aromatic carbocycles. The van der Waals surface area contributed by atoms with E-state index in [0.29, 0.717) is 11.1 Å². The number of carbonyl (C=O) groups excluding carboxylic acids is 2. The second-order valence-electron chi connectivity index (χ2n) is 5.48. The molecule has 2 atom stereocenters. The second-order valence-corrected chi connectivity index (χ2v) is 5.84. The van der Waals surface area contributed by atoms with E-state index in [1.165, 1.54) is 6.92 Å². The monoisotopic (exact) mass is 379 g/mol. The van der Waals surface area contributed by atoms with Gasteiger partial charge in [-0.3, -0.25) is 19.8 Å². The van der Waals surface area contributed by atoms with E-state index >= 15 is 0 Å². The molecule has 1 fully saturated rings. The summed E-state index contributed by atoms with van der Waals surface area (Å²) in [4.78, 5) is 38.5. The van der Waals surface area contributed by atoms with Gasteiger partial charge >= 0.3 is 12.1 Å². The molecule has 2 heterocycles. The number of amides is 2. The van der Waals surface area contributed by atoms with Crippen LogP contribution in [0.15, 0.2) is 12.1 Å². The van der Waals surface area contributed by atoms with Crippen molar-refractivity contribution in [1.29, 1.82) is 0 Å². The van der Waals surface area contributed by atoms with Gasteiger partial charge in [-0.1, -0.05) is 18.5 Å². The van der Waals surface area contributed by atoms with E-state index in [2.05, 4.69) is 10.4 Å². The fraction of sp³-hybridized carbons (Fsp3) is 0.429. The van der Waals surface area contributed by atoms with Crippen molar-refractivity contribution in [3.63, 3.8) is 0 Å². The van der Waals surface area contributed by atoms with Gasteiger partial charge in [-0.2, -0.15) is 18.2 Å². The summed E-state index contributed by atoms with van der Waals surface area (Å²) in [5.74, 6) is -4.21. The lowest BCUT2D eigenvalue weighted by Gasteiger charge is -2.17. The summed E-state index contributed by atoms with van der Waals surface area (Å²) >= 11 is 5.49. The molecule has 0 aliphatic carbocycles. The van der Waals surface area contributed by atoms with Crippen LogP contribution in [0.3, 0.4) is 0 Å². The molecule has 136 valence electrons. The number of halogens is 4. The first kappa shape index (κ1) is 19.0. The number of nitrogens with one attached hydrogen (secondary N) is 1. The maximum absolute atomic E-state index is 12.7. The molecule has 0 spiro atoms. The second kappa shape index (κ2) is 6.87. The standard InChI is InChI=1S/C14H13ClF3N3O4/c1-6-7(2-5-10(22)23)13(25)21(12(6)24)20-9-4-3-8(11(15)19-9)14(16,17)18/h3-4,6-7H,2,5H2,1H3,(H,19,20)(H,22,23). The number of rotatable bonds is 5. The molecule has 0 saturated carbocycles. The van der Waals surface area contributed by atoms with Crippen LogP contribution in [0.1, 0.15) is 25.3 Å². The summed E-state index contributed by atoms with van der Waals surface area (Å²) in [6.07, 6.45) is -5.00. The van der Waals surface area contributed by atoms with Gasteiger partial charge in [-0.15, -0.1) is 0 Å². The van der Waals surface area contributed by atoms with Crippen molar-refractivity contribution in [2.45, 2.75) is 25.9 Å². The third kappa shape index (κ3) is 4.01. The number of pyridine rings is 1. The van der Waals surface area contributed by atoms with E-state index in [4.69, 9.17) is 16.7 Å². The van der Waals surface area contributed by atoms with E-state index in [-0.39, 0.29) is 18.7 Å².